The van der Waals surface area contributed by atoms with E-state index in [1.54, 1.807) is 29.2 Å². The van der Waals surface area contributed by atoms with Crippen LogP contribution in [0.25, 0.3) is 0 Å². The lowest BCUT2D eigenvalue weighted by atomic mass is 10.1. The van der Waals surface area contributed by atoms with E-state index in [1.165, 1.54) is 23.5 Å². The van der Waals surface area contributed by atoms with Crippen LogP contribution in [0.3, 0.4) is 0 Å². The van der Waals surface area contributed by atoms with E-state index >= 15 is 0 Å². The molecule has 0 radical (unpaired) electrons. The summed E-state index contributed by atoms with van der Waals surface area (Å²) in [5, 5.41) is 3.38. The molecule has 0 saturated heterocycles. The van der Waals surface area contributed by atoms with Crippen LogP contribution in [0.4, 0.5) is 11.4 Å². The van der Waals surface area contributed by atoms with E-state index in [0.717, 1.165) is 29.8 Å². The Morgan fingerprint density at radius 1 is 0.968 bits per heavy atom. The summed E-state index contributed by atoms with van der Waals surface area (Å²) in [4.78, 5) is 28.7. The predicted molar refractivity (Wildman–Crippen MR) is 130 cm³/mol. The monoisotopic (exact) mass is 512 g/mol. The van der Waals surface area contributed by atoms with Crippen LogP contribution in [0.15, 0.2) is 42.5 Å². The number of halogens is 4. The predicted octanol–water partition coefficient (Wildman–Crippen LogP) is 7.60. The molecular weight excluding hydrogens is 498 g/mol. The number of amides is 2. The van der Waals surface area contributed by atoms with E-state index in [0.29, 0.717) is 27.2 Å². The first-order chi connectivity index (χ1) is 14.8. The lowest BCUT2D eigenvalue weighted by molar-refractivity contribution is 0.0986. The number of nitrogens with one attached hydrogen (secondary N) is 1. The van der Waals surface area contributed by atoms with Gasteiger partial charge >= 0.3 is 0 Å². The summed E-state index contributed by atoms with van der Waals surface area (Å²) >= 11 is 25.8. The van der Waals surface area contributed by atoms with Gasteiger partial charge in [0.05, 0.1) is 25.6 Å². The molecule has 9 heteroatoms. The van der Waals surface area contributed by atoms with E-state index < -0.39 is 5.91 Å². The quantitative estimate of drug-likeness (QED) is 0.366. The maximum Gasteiger partial charge on any atom is 0.258 e. The highest BCUT2D eigenvalue weighted by molar-refractivity contribution is 7.16. The molecule has 0 fully saturated rings. The van der Waals surface area contributed by atoms with Gasteiger partial charge in [0.2, 0.25) is 0 Å². The molecule has 0 aliphatic carbocycles. The summed E-state index contributed by atoms with van der Waals surface area (Å²) in [6.45, 7) is 0.644. The Hall–Kier alpha value is -1.76. The van der Waals surface area contributed by atoms with Crippen molar-refractivity contribution in [1.29, 1.82) is 0 Å². The third kappa shape index (κ3) is 4.86. The summed E-state index contributed by atoms with van der Waals surface area (Å²) in [6, 6.07) is 11.5. The van der Waals surface area contributed by atoms with E-state index in [-0.39, 0.29) is 21.5 Å². The number of aryl methyl sites for hydroxylation is 1. The number of fused-ring (bicyclic) bond motifs is 1. The number of carbonyl (C=O) groups is 2. The summed E-state index contributed by atoms with van der Waals surface area (Å²) < 4.78 is 0.683. The fraction of sp³-hybridized carbons (Fsp3) is 0.182. The fourth-order valence-corrected chi connectivity index (χ4v) is 5.45. The molecule has 0 saturated carbocycles. The molecule has 1 aliphatic heterocycles. The van der Waals surface area contributed by atoms with Gasteiger partial charge in [0.15, 0.2) is 0 Å². The summed E-state index contributed by atoms with van der Waals surface area (Å²) in [5.41, 5.74) is 2.11. The zero-order chi connectivity index (χ0) is 22.1. The van der Waals surface area contributed by atoms with Crippen molar-refractivity contribution in [2.24, 2.45) is 0 Å². The van der Waals surface area contributed by atoms with Gasteiger partial charge in [-0.3, -0.25) is 9.59 Å². The van der Waals surface area contributed by atoms with Crippen molar-refractivity contribution in [3.63, 3.8) is 0 Å². The van der Waals surface area contributed by atoms with Crippen LogP contribution in [0.2, 0.25) is 19.4 Å². The molecule has 2 aromatic carbocycles. The molecule has 1 aliphatic rings. The standard InChI is InChI=1S/C22H16Cl4N2O2S/c23-13-9-15(20(26)16(24)10-13)21(29)27-14-6-4-12(5-7-14)22(30)28-8-2-1-3-18-17(28)11-19(25)31-18/h4-7,9-11H,1-3,8H2,(H,27,29). The topological polar surface area (TPSA) is 49.4 Å². The van der Waals surface area contributed by atoms with Gasteiger partial charge in [0, 0.05) is 27.7 Å². The Labute approximate surface area is 203 Å². The van der Waals surface area contributed by atoms with Crippen LogP contribution in [0.5, 0.6) is 0 Å². The lowest BCUT2D eigenvalue weighted by Gasteiger charge is -2.21. The molecule has 0 unspecified atom stereocenters. The smallest absolute Gasteiger partial charge is 0.258 e. The van der Waals surface area contributed by atoms with E-state index in [4.69, 9.17) is 46.4 Å². The van der Waals surface area contributed by atoms with Crippen molar-refractivity contribution in [3.05, 3.63) is 77.9 Å². The second-order valence-electron chi connectivity index (χ2n) is 7.05. The molecule has 1 aromatic heterocycles. The van der Waals surface area contributed by atoms with E-state index in [1.807, 2.05) is 6.07 Å². The highest BCUT2D eigenvalue weighted by atomic mass is 35.5. The van der Waals surface area contributed by atoms with Crippen molar-refractivity contribution >= 4 is 80.9 Å². The van der Waals surface area contributed by atoms with Gasteiger partial charge in [-0.2, -0.15) is 0 Å². The molecule has 0 bridgehead atoms. The van der Waals surface area contributed by atoms with Crippen LogP contribution < -0.4 is 10.2 Å². The Morgan fingerprint density at radius 3 is 2.45 bits per heavy atom. The third-order valence-corrected chi connectivity index (χ3v) is 7.29. The molecule has 3 aromatic rings. The van der Waals surface area contributed by atoms with E-state index in [9.17, 15) is 9.59 Å². The minimum absolute atomic E-state index is 0.0971. The third-order valence-electron chi connectivity index (χ3n) is 4.96. The number of carbonyl (C=O) groups excluding carboxylic acids is 2. The molecule has 4 rings (SSSR count). The molecule has 0 atom stereocenters. The molecule has 2 amide bonds. The second-order valence-corrected chi connectivity index (χ2v) is 10.0. The number of thiophene rings is 1. The van der Waals surface area contributed by atoms with Crippen molar-refractivity contribution in [2.75, 3.05) is 16.8 Å². The van der Waals surface area contributed by atoms with Gasteiger partial charge in [0.25, 0.3) is 11.8 Å². The normalized spacial score (nSPS) is 13.5. The molecular formula is C22H16Cl4N2O2S. The summed E-state index contributed by atoms with van der Waals surface area (Å²) in [5.74, 6) is -0.543. The first-order valence-corrected chi connectivity index (χ1v) is 11.8. The number of rotatable bonds is 3. The molecule has 4 nitrogen and oxygen atoms in total. The molecule has 2 heterocycles. The zero-order valence-electron chi connectivity index (χ0n) is 16.1. The van der Waals surface area contributed by atoms with Crippen molar-refractivity contribution in [2.45, 2.75) is 19.3 Å². The van der Waals surface area contributed by atoms with Gasteiger partial charge in [-0.25, -0.2) is 0 Å². The Kier molecular flexibility index (Phi) is 6.80. The molecule has 1 N–H and O–H groups in total. The zero-order valence-corrected chi connectivity index (χ0v) is 19.9. The number of nitrogens with zero attached hydrogens (tertiary/aromatic N) is 1. The minimum Gasteiger partial charge on any atom is -0.322 e. The SMILES string of the molecule is O=C(Nc1ccc(C(=O)N2CCCCc3sc(Cl)cc32)cc1)c1cc(Cl)cc(Cl)c1Cl. The fourth-order valence-electron chi connectivity index (χ4n) is 3.45. The van der Waals surface area contributed by atoms with Gasteiger partial charge in [0.1, 0.15) is 0 Å². The molecule has 0 spiro atoms. The lowest BCUT2D eigenvalue weighted by Crippen LogP contribution is -2.31. The first kappa shape index (κ1) is 22.4. The maximum atomic E-state index is 13.2. The number of hydrogen-bond acceptors (Lipinski definition) is 3. The maximum absolute atomic E-state index is 13.2. The minimum atomic E-state index is -0.446. The molecule has 31 heavy (non-hydrogen) atoms. The average molecular weight is 514 g/mol. The van der Waals surface area contributed by atoms with Gasteiger partial charge in [-0.05, 0) is 61.7 Å². The average Bonchev–Trinajstić information content (AvgIpc) is 2.99. The summed E-state index contributed by atoms with van der Waals surface area (Å²) in [7, 11) is 0. The largest absolute Gasteiger partial charge is 0.322 e. The van der Waals surface area contributed by atoms with Gasteiger partial charge in [-0.1, -0.05) is 46.4 Å². The van der Waals surface area contributed by atoms with Crippen LogP contribution in [0.1, 0.15) is 38.4 Å². The number of benzene rings is 2. The van der Waals surface area contributed by atoms with Crippen molar-refractivity contribution < 1.29 is 9.59 Å². The highest BCUT2D eigenvalue weighted by Crippen LogP contribution is 2.37. The first-order valence-electron chi connectivity index (χ1n) is 9.49. The Bertz CT molecular complexity index is 1160. The Balaban J connectivity index is 1.52. The van der Waals surface area contributed by atoms with Gasteiger partial charge < -0.3 is 10.2 Å². The molecule has 160 valence electrons. The summed E-state index contributed by atoms with van der Waals surface area (Å²) in [6.07, 6.45) is 2.88. The number of anilines is 2. The number of hydrogen-bond donors (Lipinski definition) is 1. The van der Waals surface area contributed by atoms with Crippen molar-refractivity contribution in [1.82, 2.24) is 0 Å². The highest BCUT2D eigenvalue weighted by Gasteiger charge is 2.24. The second kappa shape index (κ2) is 9.39. The van der Waals surface area contributed by atoms with Crippen LogP contribution in [-0.4, -0.2) is 18.4 Å². The van der Waals surface area contributed by atoms with Crippen LogP contribution >= 0.6 is 57.7 Å². The van der Waals surface area contributed by atoms with Crippen molar-refractivity contribution in [3.8, 4) is 0 Å². The van der Waals surface area contributed by atoms with Crippen LogP contribution in [-0.2, 0) is 6.42 Å². The van der Waals surface area contributed by atoms with Gasteiger partial charge in [-0.15, -0.1) is 11.3 Å². The Morgan fingerprint density at radius 2 is 1.71 bits per heavy atom. The van der Waals surface area contributed by atoms with E-state index in [2.05, 4.69) is 5.32 Å². The van der Waals surface area contributed by atoms with Crippen LogP contribution in [0, 0.1) is 0 Å².